The van der Waals surface area contributed by atoms with Gasteiger partial charge >= 0.3 is 0 Å². The number of carbonyl (C=O) groups is 1. The summed E-state index contributed by atoms with van der Waals surface area (Å²) in [6, 6.07) is 5.17. The first-order valence-corrected chi connectivity index (χ1v) is 5.41. The molecule has 2 rings (SSSR count). The Hall–Kier alpha value is -1.22. The first-order chi connectivity index (χ1) is 7.20. The fourth-order valence-electron chi connectivity index (χ4n) is 1.81. The molecule has 1 fully saturated rings. The molecule has 0 unspecified atom stereocenters. The molecule has 0 saturated carbocycles. The minimum Gasteiger partial charge on any atom is -0.398 e. The highest BCUT2D eigenvalue weighted by molar-refractivity contribution is 6.36. The first-order valence-electron chi connectivity index (χ1n) is 5.03. The lowest BCUT2D eigenvalue weighted by atomic mass is 10.2. The van der Waals surface area contributed by atoms with Gasteiger partial charge in [0, 0.05) is 13.1 Å². The van der Waals surface area contributed by atoms with Crippen molar-refractivity contribution in [3.63, 3.8) is 0 Å². The molecule has 1 aromatic carbocycles. The van der Waals surface area contributed by atoms with Crippen molar-refractivity contribution < 1.29 is 4.79 Å². The summed E-state index contributed by atoms with van der Waals surface area (Å²) in [5.74, 6) is -0.00944. The number of nitrogen functional groups attached to an aromatic ring is 1. The van der Waals surface area contributed by atoms with Crippen molar-refractivity contribution >= 4 is 23.2 Å². The van der Waals surface area contributed by atoms with Gasteiger partial charge in [0.05, 0.1) is 16.3 Å². The van der Waals surface area contributed by atoms with Crippen LogP contribution in [0.15, 0.2) is 18.2 Å². The zero-order valence-electron chi connectivity index (χ0n) is 8.37. The maximum absolute atomic E-state index is 12.0. The zero-order valence-corrected chi connectivity index (χ0v) is 9.13. The highest BCUT2D eigenvalue weighted by atomic mass is 35.5. The van der Waals surface area contributed by atoms with Crippen LogP contribution in [0.25, 0.3) is 0 Å². The second kappa shape index (κ2) is 4.11. The average molecular weight is 225 g/mol. The number of nitrogens with two attached hydrogens (primary N) is 1. The van der Waals surface area contributed by atoms with Gasteiger partial charge < -0.3 is 10.6 Å². The Morgan fingerprint density at radius 1 is 1.33 bits per heavy atom. The van der Waals surface area contributed by atoms with E-state index in [1.807, 2.05) is 4.90 Å². The number of amides is 1. The van der Waals surface area contributed by atoms with Crippen LogP contribution in [0.5, 0.6) is 0 Å². The molecule has 1 heterocycles. The molecule has 0 bridgehead atoms. The number of hydrogen-bond acceptors (Lipinski definition) is 2. The van der Waals surface area contributed by atoms with Gasteiger partial charge in [0.1, 0.15) is 0 Å². The third kappa shape index (κ3) is 1.92. The molecule has 0 spiro atoms. The normalized spacial score (nSPS) is 15.7. The standard InChI is InChI=1S/C11H13ClN2O/c12-10-8(4-3-5-9(10)13)11(15)14-6-1-2-7-14/h3-5H,1-2,6-7,13H2. The van der Waals surface area contributed by atoms with Crippen molar-refractivity contribution in [2.45, 2.75) is 12.8 Å². The molecule has 3 nitrogen and oxygen atoms in total. The largest absolute Gasteiger partial charge is 0.398 e. The predicted molar refractivity (Wildman–Crippen MR) is 61.0 cm³/mol. The van der Waals surface area contributed by atoms with Gasteiger partial charge in [0.15, 0.2) is 0 Å². The highest BCUT2D eigenvalue weighted by Gasteiger charge is 2.21. The van der Waals surface area contributed by atoms with E-state index in [-0.39, 0.29) is 5.91 Å². The summed E-state index contributed by atoms with van der Waals surface area (Å²) in [4.78, 5) is 13.8. The van der Waals surface area contributed by atoms with Crippen LogP contribution in [0.3, 0.4) is 0 Å². The van der Waals surface area contributed by atoms with Gasteiger partial charge in [-0.3, -0.25) is 4.79 Å². The molecule has 0 radical (unpaired) electrons. The molecule has 4 heteroatoms. The van der Waals surface area contributed by atoms with Crippen molar-refractivity contribution in [2.75, 3.05) is 18.8 Å². The van der Waals surface area contributed by atoms with Gasteiger partial charge in [-0.15, -0.1) is 0 Å². The Kier molecular flexibility index (Phi) is 2.82. The van der Waals surface area contributed by atoms with Crippen LogP contribution in [0.4, 0.5) is 5.69 Å². The maximum Gasteiger partial charge on any atom is 0.255 e. The second-order valence-corrected chi connectivity index (χ2v) is 4.09. The third-order valence-corrected chi connectivity index (χ3v) is 3.07. The summed E-state index contributed by atoms with van der Waals surface area (Å²) >= 11 is 5.99. The maximum atomic E-state index is 12.0. The number of rotatable bonds is 1. The van der Waals surface area contributed by atoms with Gasteiger partial charge in [-0.2, -0.15) is 0 Å². The van der Waals surface area contributed by atoms with Crippen molar-refractivity contribution in [1.29, 1.82) is 0 Å². The van der Waals surface area contributed by atoms with Gasteiger partial charge in [-0.25, -0.2) is 0 Å². The van der Waals surface area contributed by atoms with E-state index >= 15 is 0 Å². The number of benzene rings is 1. The van der Waals surface area contributed by atoms with E-state index in [1.54, 1.807) is 18.2 Å². The van der Waals surface area contributed by atoms with Crippen molar-refractivity contribution in [3.8, 4) is 0 Å². The molecule has 80 valence electrons. The average Bonchev–Trinajstić information content (AvgIpc) is 2.74. The summed E-state index contributed by atoms with van der Waals surface area (Å²) in [5.41, 5.74) is 6.63. The van der Waals surface area contributed by atoms with Crippen LogP contribution in [-0.4, -0.2) is 23.9 Å². The third-order valence-electron chi connectivity index (χ3n) is 2.65. The number of carbonyl (C=O) groups excluding carboxylic acids is 1. The Bertz CT molecular complexity index is 386. The number of hydrogen-bond donors (Lipinski definition) is 1. The lowest BCUT2D eigenvalue weighted by Crippen LogP contribution is -2.27. The highest BCUT2D eigenvalue weighted by Crippen LogP contribution is 2.25. The molecule has 0 atom stereocenters. The van der Waals surface area contributed by atoms with E-state index < -0.39 is 0 Å². The molecule has 0 aliphatic carbocycles. The molecule has 2 N–H and O–H groups in total. The van der Waals surface area contributed by atoms with Crippen molar-refractivity contribution in [1.82, 2.24) is 4.90 Å². The Morgan fingerprint density at radius 3 is 2.67 bits per heavy atom. The molecule has 1 aliphatic heterocycles. The van der Waals surface area contributed by atoms with E-state index in [4.69, 9.17) is 17.3 Å². The summed E-state index contributed by atoms with van der Waals surface area (Å²) in [6.45, 7) is 1.65. The summed E-state index contributed by atoms with van der Waals surface area (Å²) in [6.07, 6.45) is 2.15. The van der Waals surface area contributed by atoms with Gasteiger partial charge in [-0.05, 0) is 25.0 Å². The fourth-order valence-corrected chi connectivity index (χ4v) is 2.01. The molecular weight excluding hydrogens is 212 g/mol. The molecule has 1 aromatic rings. The quantitative estimate of drug-likeness (QED) is 0.743. The first kappa shape index (κ1) is 10.3. The summed E-state index contributed by atoms with van der Waals surface area (Å²) in [5, 5.41) is 0.370. The molecule has 1 amide bonds. The van der Waals surface area contributed by atoms with Crippen LogP contribution in [0.2, 0.25) is 5.02 Å². The predicted octanol–water partition coefficient (Wildman–Crippen LogP) is 2.16. The van der Waals surface area contributed by atoms with Gasteiger partial charge in [-0.1, -0.05) is 17.7 Å². The monoisotopic (exact) mass is 224 g/mol. The number of anilines is 1. The fraction of sp³-hybridized carbons (Fsp3) is 0.364. The van der Waals surface area contributed by atoms with E-state index in [9.17, 15) is 4.79 Å². The molecule has 15 heavy (non-hydrogen) atoms. The van der Waals surface area contributed by atoms with Crippen LogP contribution in [-0.2, 0) is 0 Å². The molecular formula is C11H13ClN2O. The topological polar surface area (TPSA) is 46.3 Å². The van der Waals surface area contributed by atoms with Crippen LogP contribution < -0.4 is 5.73 Å². The lowest BCUT2D eigenvalue weighted by Gasteiger charge is -2.16. The van der Waals surface area contributed by atoms with E-state index in [0.717, 1.165) is 25.9 Å². The smallest absolute Gasteiger partial charge is 0.255 e. The minimum absolute atomic E-state index is 0.00944. The van der Waals surface area contributed by atoms with Crippen LogP contribution >= 0.6 is 11.6 Å². The van der Waals surface area contributed by atoms with Gasteiger partial charge in [0.2, 0.25) is 0 Å². The molecule has 0 aromatic heterocycles. The lowest BCUT2D eigenvalue weighted by molar-refractivity contribution is 0.0793. The van der Waals surface area contributed by atoms with Crippen LogP contribution in [0, 0.1) is 0 Å². The number of likely N-dealkylation sites (tertiary alicyclic amines) is 1. The van der Waals surface area contributed by atoms with Crippen molar-refractivity contribution in [3.05, 3.63) is 28.8 Å². The number of halogens is 1. The Labute approximate surface area is 93.8 Å². The van der Waals surface area contributed by atoms with Gasteiger partial charge in [0.25, 0.3) is 5.91 Å². The second-order valence-electron chi connectivity index (χ2n) is 3.71. The number of nitrogens with zero attached hydrogens (tertiary/aromatic N) is 1. The summed E-state index contributed by atoms with van der Waals surface area (Å²) < 4.78 is 0. The minimum atomic E-state index is -0.00944. The van der Waals surface area contributed by atoms with E-state index in [2.05, 4.69) is 0 Å². The molecule has 1 saturated heterocycles. The Morgan fingerprint density at radius 2 is 2.00 bits per heavy atom. The van der Waals surface area contributed by atoms with Crippen LogP contribution in [0.1, 0.15) is 23.2 Å². The molecule has 1 aliphatic rings. The zero-order chi connectivity index (χ0) is 10.8. The SMILES string of the molecule is Nc1cccc(C(=O)N2CCCC2)c1Cl. The van der Waals surface area contributed by atoms with Crippen molar-refractivity contribution in [2.24, 2.45) is 0 Å². The van der Waals surface area contributed by atoms with E-state index in [1.165, 1.54) is 0 Å². The van der Waals surface area contributed by atoms with E-state index in [0.29, 0.717) is 16.3 Å². The Balaban J connectivity index is 2.28. The summed E-state index contributed by atoms with van der Waals surface area (Å²) in [7, 11) is 0.